The number of hydrogen-bond donors (Lipinski definition) is 0. The van der Waals surface area contributed by atoms with Crippen LogP contribution in [0.2, 0.25) is 0 Å². The fourth-order valence-corrected chi connectivity index (χ4v) is 1.52. The van der Waals surface area contributed by atoms with Crippen molar-refractivity contribution < 1.29 is 9.31 Å². The minimum absolute atomic E-state index is 0.00364. The van der Waals surface area contributed by atoms with Crippen molar-refractivity contribution in [1.29, 1.82) is 0 Å². The standard InChI is InChI=1S/C9H10FN3O2/c1-6-8(13(14)15)2-3-9(11-6)12-4-7(10)5-12/h2-3,7H,4-5H2,1H3. The Bertz CT molecular complexity index is 404. The number of alkyl halides is 1. The lowest BCUT2D eigenvalue weighted by Crippen LogP contribution is -2.48. The predicted molar refractivity (Wildman–Crippen MR) is 52.7 cm³/mol. The largest absolute Gasteiger partial charge is 0.351 e. The van der Waals surface area contributed by atoms with Crippen molar-refractivity contribution in [1.82, 2.24) is 4.98 Å². The maximum absolute atomic E-state index is 12.6. The molecule has 0 amide bonds. The van der Waals surface area contributed by atoms with E-state index < -0.39 is 11.1 Å². The van der Waals surface area contributed by atoms with Gasteiger partial charge in [0.05, 0.1) is 18.0 Å². The van der Waals surface area contributed by atoms with E-state index in [1.807, 2.05) is 0 Å². The van der Waals surface area contributed by atoms with Crippen molar-refractivity contribution in [3.05, 3.63) is 27.9 Å². The molecular weight excluding hydrogens is 201 g/mol. The summed E-state index contributed by atoms with van der Waals surface area (Å²) in [5.41, 5.74) is 0.357. The summed E-state index contributed by atoms with van der Waals surface area (Å²) in [6.07, 6.45) is -0.803. The Morgan fingerprint density at radius 1 is 1.60 bits per heavy atom. The molecule has 2 heterocycles. The number of hydrogen-bond acceptors (Lipinski definition) is 4. The van der Waals surface area contributed by atoms with Crippen LogP contribution in [0.1, 0.15) is 5.69 Å². The highest BCUT2D eigenvalue weighted by molar-refractivity contribution is 5.48. The van der Waals surface area contributed by atoms with Gasteiger partial charge < -0.3 is 4.90 Å². The molecule has 6 heteroatoms. The molecule has 1 fully saturated rings. The number of nitrogens with zero attached hydrogens (tertiary/aromatic N) is 3. The van der Waals surface area contributed by atoms with Gasteiger partial charge in [-0.2, -0.15) is 0 Å². The van der Waals surface area contributed by atoms with Crippen LogP contribution in [0, 0.1) is 17.0 Å². The SMILES string of the molecule is Cc1nc(N2CC(F)C2)ccc1[N+](=O)[O-]. The van der Waals surface area contributed by atoms with Crippen LogP contribution in [0.5, 0.6) is 0 Å². The van der Waals surface area contributed by atoms with E-state index in [1.165, 1.54) is 6.07 Å². The minimum Gasteiger partial charge on any atom is -0.351 e. The molecule has 1 aromatic rings. The topological polar surface area (TPSA) is 59.3 Å². The van der Waals surface area contributed by atoms with Gasteiger partial charge in [-0.15, -0.1) is 0 Å². The third-order valence-electron chi connectivity index (χ3n) is 2.40. The molecule has 0 atom stereocenters. The molecule has 0 spiro atoms. The van der Waals surface area contributed by atoms with E-state index in [0.717, 1.165) is 0 Å². The number of aryl methyl sites for hydroxylation is 1. The molecule has 0 aromatic carbocycles. The smallest absolute Gasteiger partial charge is 0.290 e. The molecule has 0 bridgehead atoms. The highest BCUT2D eigenvalue weighted by Gasteiger charge is 2.28. The molecule has 0 radical (unpaired) electrons. The van der Waals surface area contributed by atoms with Crippen LogP contribution in [0.15, 0.2) is 12.1 Å². The Balaban J connectivity index is 2.22. The average molecular weight is 211 g/mol. The van der Waals surface area contributed by atoms with Crippen LogP contribution in [-0.2, 0) is 0 Å². The first-order valence-electron chi connectivity index (χ1n) is 4.59. The second-order valence-electron chi connectivity index (χ2n) is 3.53. The molecule has 0 saturated carbocycles. The minimum atomic E-state index is -0.803. The van der Waals surface area contributed by atoms with Crippen LogP contribution in [0.4, 0.5) is 15.9 Å². The van der Waals surface area contributed by atoms with Gasteiger partial charge in [-0.25, -0.2) is 9.37 Å². The molecular formula is C9H10FN3O2. The molecule has 1 saturated heterocycles. The van der Waals surface area contributed by atoms with Gasteiger partial charge in [0.15, 0.2) is 0 Å². The number of halogens is 1. The second-order valence-corrected chi connectivity index (χ2v) is 3.53. The molecule has 0 unspecified atom stereocenters. The van der Waals surface area contributed by atoms with E-state index in [-0.39, 0.29) is 5.69 Å². The Kier molecular flexibility index (Phi) is 2.26. The zero-order valence-corrected chi connectivity index (χ0v) is 8.18. The first-order chi connectivity index (χ1) is 7.08. The monoisotopic (exact) mass is 211 g/mol. The molecule has 1 aromatic heterocycles. The highest BCUT2D eigenvalue weighted by atomic mass is 19.1. The van der Waals surface area contributed by atoms with Gasteiger partial charge >= 0.3 is 0 Å². The van der Waals surface area contributed by atoms with Crippen molar-refractivity contribution in [2.24, 2.45) is 0 Å². The fraction of sp³-hybridized carbons (Fsp3) is 0.444. The first-order valence-corrected chi connectivity index (χ1v) is 4.59. The first kappa shape index (κ1) is 9.82. The molecule has 80 valence electrons. The van der Waals surface area contributed by atoms with Crippen LogP contribution < -0.4 is 4.90 Å². The summed E-state index contributed by atoms with van der Waals surface area (Å²) in [7, 11) is 0. The van der Waals surface area contributed by atoms with Crippen LogP contribution in [0.3, 0.4) is 0 Å². The fourth-order valence-electron chi connectivity index (χ4n) is 1.52. The molecule has 15 heavy (non-hydrogen) atoms. The lowest BCUT2D eigenvalue weighted by Gasteiger charge is -2.35. The second kappa shape index (κ2) is 3.45. The molecule has 1 aliphatic rings. The Morgan fingerprint density at radius 2 is 2.27 bits per heavy atom. The zero-order chi connectivity index (χ0) is 11.0. The van der Waals surface area contributed by atoms with Gasteiger partial charge in [0.2, 0.25) is 0 Å². The van der Waals surface area contributed by atoms with E-state index in [1.54, 1.807) is 17.9 Å². The lowest BCUT2D eigenvalue weighted by atomic mass is 10.2. The van der Waals surface area contributed by atoms with Crippen molar-refractivity contribution in [3.8, 4) is 0 Å². The summed E-state index contributed by atoms with van der Waals surface area (Å²) in [5, 5.41) is 10.5. The summed E-state index contributed by atoms with van der Waals surface area (Å²) < 4.78 is 12.6. The predicted octanol–water partition coefficient (Wildman–Crippen LogP) is 1.46. The van der Waals surface area contributed by atoms with Crippen LogP contribution in [-0.4, -0.2) is 29.2 Å². The molecule has 2 rings (SSSR count). The Hall–Kier alpha value is -1.72. The summed E-state index contributed by atoms with van der Waals surface area (Å²) in [4.78, 5) is 15.9. The van der Waals surface area contributed by atoms with E-state index in [2.05, 4.69) is 4.98 Å². The van der Waals surface area contributed by atoms with Gasteiger partial charge in [0.25, 0.3) is 5.69 Å². The Morgan fingerprint density at radius 3 is 2.73 bits per heavy atom. The van der Waals surface area contributed by atoms with Crippen molar-refractivity contribution >= 4 is 11.5 Å². The maximum atomic E-state index is 12.6. The summed E-state index contributed by atoms with van der Waals surface area (Å²) in [6, 6.07) is 2.96. The number of aromatic nitrogens is 1. The van der Waals surface area contributed by atoms with Gasteiger partial charge in [0, 0.05) is 6.07 Å². The van der Waals surface area contributed by atoms with E-state index in [4.69, 9.17) is 0 Å². The number of anilines is 1. The lowest BCUT2D eigenvalue weighted by molar-refractivity contribution is -0.385. The third kappa shape index (κ3) is 1.74. The Labute approximate surface area is 85.7 Å². The summed E-state index contributed by atoms with van der Waals surface area (Å²) >= 11 is 0. The van der Waals surface area contributed by atoms with Crippen LogP contribution >= 0.6 is 0 Å². The van der Waals surface area contributed by atoms with Crippen molar-refractivity contribution in [2.75, 3.05) is 18.0 Å². The molecule has 0 N–H and O–H groups in total. The normalized spacial score (nSPS) is 16.3. The summed E-state index contributed by atoms with van der Waals surface area (Å²) in [6.45, 7) is 2.23. The van der Waals surface area contributed by atoms with Gasteiger partial charge in [-0.1, -0.05) is 0 Å². The third-order valence-corrected chi connectivity index (χ3v) is 2.40. The van der Waals surface area contributed by atoms with Crippen molar-refractivity contribution in [3.63, 3.8) is 0 Å². The van der Waals surface area contributed by atoms with E-state index in [0.29, 0.717) is 24.6 Å². The van der Waals surface area contributed by atoms with Gasteiger partial charge in [0.1, 0.15) is 17.7 Å². The summed E-state index contributed by atoms with van der Waals surface area (Å²) in [5.74, 6) is 0.604. The number of nitro groups is 1. The van der Waals surface area contributed by atoms with Gasteiger partial charge in [-0.05, 0) is 13.0 Å². The number of pyridine rings is 1. The molecule has 5 nitrogen and oxygen atoms in total. The van der Waals surface area contributed by atoms with Gasteiger partial charge in [-0.3, -0.25) is 10.1 Å². The quantitative estimate of drug-likeness (QED) is 0.548. The van der Waals surface area contributed by atoms with E-state index >= 15 is 0 Å². The average Bonchev–Trinajstić information content (AvgIpc) is 2.12. The maximum Gasteiger partial charge on any atom is 0.290 e. The van der Waals surface area contributed by atoms with Crippen LogP contribution in [0.25, 0.3) is 0 Å². The van der Waals surface area contributed by atoms with E-state index in [9.17, 15) is 14.5 Å². The highest BCUT2D eigenvalue weighted by Crippen LogP contribution is 2.24. The van der Waals surface area contributed by atoms with Crippen molar-refractivity contribution in [2.45, 2.75) is 13.1 Å². The molecule has 1 aliphatic heterocycles. The number of rotatable bonds is 2. The molecule has 0 aliphatic carbocycles. The zero-order valence-electron chi connectivity index (χ0n) is 8.18.